The molecule has 0 spiro atoms. The fourth-order valence-electron chi connectivity index (χ4n) is 2.32. The minimum atomic E-state index is -0.624. The van der Waals surface area contributed by atoms with Crippen LogP contribution >= 0.6 is 0 Å². The van der Waals surface area contributed by atoms with Crippen molar-refractivity contribution in [2.75, 3.05) is 6.61 Å². The van der Waals surface area contributed by atoms with Gasteiger partial charge in [0.2, 0.25) is 0 Å². The van der Waals surface area contributed by atoms with Crippen LogP contribution in [0.5, 0.6) is 0 Å². The van der Waals surface area contributed by atoms with E-state index in [1.807, 2.05) is 18.2 Å². The maximum atomic E-state index is 12.0. The number of hydrogen-bond acceptors (Lipinski definition) is 3. The Hall–Kier alpha value is -1.84. The lowest BCUT2D eigenvalue weighted by Crippen LogP contribution is -2.39. The maximum Gasteiger partial charge on any atom is 0.328 e. The molecule has 0 saturated carbocycles. The molecule has 0 heterocycles. The lowest BCUT2D eigenvalue weighted by molar-refractivity contribution is -0.144. The van der Waals surface area contributed by atoms with E-state index in [-0.39, 0.29) is 5.91 Å². The summed E-state index contributed by atoms with van der Waals surface area (Å²) in [5.74, 6) is -0.632. The highest BCUT2D eigenvalue weighted by molar-refractivity contribution is 5.96. The van der Waals surface area contributed by atoms with Gasteiger partial charge in [-0.15, -0.1) is 0 Å². The zero-order chi connectivity index (χ0) is 13.8. The molecule has 19 heavy (non-hydrogen) atoms. The minimum Gasteiger partial charge on any atom is -0.464 e. The topological polar surface area (TPSA) is 55.4 Å². The van der Waals surface area contributed by atoms with Gasteiger partial charge in [0.25, 0.3) is 5.91 Å². The van der Waals surface area contributed by atoms with Crippen molar-refractivity contribution in [1.29, 1.82) is 0 Å². The van der Waals surface area contributed by atoms with Gasteiger partial charge in [-0.3, -0.25) is 4.79 Å². The van der Waals surface area contributed by atoms with Crippen LogP contribution in [0, 0.1) is 0 Å². The Bertz CT molecular complexity index is 496. The number of hydrogen-bond donors (Lipinski definition) is 1. The van der Waals surface area contributed by atoms with Crippen LogP contribution in [-0.4, -0.2) is 24.5 Å². The van der Waals surface area contributed by atoms with Crippen LogP contribution in [0.25, 0.3) is 0 Å². The van der Waals surface area contributed by atoms with Crippen molar-refractivity contribution >= 4 is 11.9 Å². The zero-order valence-corrected chi connectivity index (χ0v) is 11.4. The summed E-state index contributed by atoms with van der Waals surface area (Å²) < 4.78 is 4.86. The van der Waals surface area contributed by atoms with Crippen LogP contribution in [0.4, 0.5) is 0 Å². The third kappa shape index (κ3) is 3.13. The molecule has 0 fully saturated rings. The van der Waals surface area contributed by atoms with E-state index in [9.17, 15) is 9.59 Å². The maximum absolute atomic E-state index is 12.0. The zero-order valence-electron chi connectivity index (χ0n) is 11.4. The first-order valence-corrected chi connectivity index (χ1v) is 6.71. The fourth-order valence-corrected chi connectivity index (χ4v) is 2.32. The lowest BCUT2D eigenvalue weighted by atomic mass is 10.1. The average molecular weight is 261 g/mol. The second kappa shape index (κ2) is 5.87. The van der Waals surface area contributed by atoms with Crippen molar-refractivity contribution in [2.24, 2.45) is 0 Å². The number of rotatable bonds is 4. The Balaban J connectivity index is 2.02. The predicted octanol–water partition coefficient (Wildman–Crippen LogP) is 1.86. The number of nitrogens with one attached hydrogen (secondary N) is 1. The number of esters is 1. The van der Waals surface area contributed by atoms with Gasteiger partial charge in [-0.1, -0.05) is 6.07 Å². The summed E-state index contributed by atoms with van der Waals surface area (Å²) in [5, 5.41) is 2.66. The van der Waals surface area contributed by atoms with Gasteiger partial charge in [-0.2, -0.15) is 0 Å². The van der Waals surface area contributed by atoms with Gasteiger partial charge < -0.3 is 10.1 Å². The monoisotopic (exact) mass is 261 g/mol. The minimum absolute atomic E-state index is 0.227. The number of fused-ring (bicyclic) bond motifs is 1. The van der Waals surface area contributed by atoms with Crippen LogP contribution < -0.4 is 5.32 Å². The van der Waals surface area contributed by atoms with Gasteiger partial charge in [0.15, 0.2) is 0 Å². The summed E-state index contributed by atoms with van der Waals surface area (Å²) in [7, 11) is 0. The Morgan fingerprint density at radius 3 is 2.79 bits per heavy atom. The van der Waals surface area contributed by atoms with Crippen molar-refractivity contribution in [3.63, 3.8) is 0 Å². The molecule has 0 radical (unpaired) electrons. The second-order valence-electron chi connectivity index (χ2n) is 4.78. The number of benzene rings is 1. The first-order valence-electron chi connectivity index (χ1n) is 6.71. The highest BCUT2D eigenvalue weighted by Crippen LogP contribution is 2.22. The Labute approximate surface area is 113 Å². The highest BCUT2D eigenvalue weighted by Gasteiger charge is 2.19. The molecule has 0 aliphatic heterocycles. The Kier molecular flexibility index (Phi) is 4.20. The predicted molar refractivity (Wildman–Crippen MR) is 72.0 cm³/mol. The third-order valence-corrected chi connectivity index (χ3v) is 3.35. The number of aryl methyl sites for hydroxylation is 2. The standard InChI is InChI=1S/C15H19NO3/c1-3-19-15(18)10(2)16-14(17)13-8-7-11-5-4-6-12(11)9-13/h7-10H,3-6H2,1-2H3,(H,16,17). The molecule has 4 heteroatoms. The first kappa shape index (κ1) is 13.6. The third-order valence-electron chi connectivity index (χ3n) is 3.35. The van der Waals surface area contributed by atoms with Gasteiger partial charge in [0, 0.05) is 5.56 Å². The number of amides is 1. The highest BCUT2D eigenvalue weighted by atomic mass is 16.5. The second-order valence-corrected chi connectivity index (χ2v) is 4.78. The molecule has 1 N–H and O–H groups in total. The Morgan fingerprint density at radius 1 is 1.32 bits per heavy atom. The summed E-state index contributed by atoms with van der Waals surface area (Å²) in [4.78, 5) is 23.5. The number of carbonyl (C=O) groups is 2. The van der Waals surface area contributed by atoms with Gasteiger partial charge in [-0.25, -0.2) is 4.79 Å². The number of carbonyl (C=O) groups excluding carboxylic acids is 2. The Morgan fingerprint density at radius 2 is 2.05 bits per heavy atom. The lowest BCUT2D eigenvalue weighted by Gasteiger charge is -2.13. The van der Waals surface area contributed by atoms with E-state index >= 15 is 0 Å². The molecular formula is C15H19NO3. The van der Waals surface area contributed by atoms with Crippen molar-refractivity contribution in [2.45, 2.75) is 39.2 Å². The average Bonchev–Trinajstić information content (AvgIpc) is 2.85. The van der Waals surface area contributed by atoms with Crippen molar-refractivity contribution in [3.8, 4) is 0 Å². The quantitative estimate of drug-likeness (QED) is 0.842. The number of ether oxygens (including phenoxy) is 1. The van der Waals surface area contributed by atoms with Crippen molar-refractivity contribution in [1.82, 2.24) is 5.32 Å². The summed E-state index contributed by atoms with van der Waals surface area (Å²) >= 11 is 0. The fraction of sp³-hybridized carbons (Fsp3) is 0.467. The molecule has 1 amide bonds. The molecule has 1 aliphatic rings. The van der Waals surface area contributed by atoms with Crippen LogP contribution in [0.2, 0.25) is 0 Å². The van der Waals surface area contributed by atoms with Gasteiger partial charge >= 0.3 is 5.97 Å². The van der Waals surface area contributed by atoms with E-state index in [4.69, 9.17) is 4.74 Å². The van der Waals surface area contributed by atoms with E-state index < -0.39 is 12.0 Å². The van der Waals surface area contributed by atoms with Gasteiger partial charge in [0.05, 0.1) is 6.61 Å². The summed E-state index contributed by atoms with van der Waals surface area (Å²) in [6, 6.07) is 5.12. The molecule has 102 valence electrons. The molecule has 1 aromatic carbocycles. The van der Waals surface area contributed by atoms with E-state index in [1.54, 1.807) is 13.8 Å². The van der Waals surface area contributed by atoms with Crippen molar-refractivity contribution < 1.29 is 14.3 Å². The van der Waals surface area contributed by atoms with Crippen LogP contribution in [-0.2, 0) is 22.4 Å². The molecule has 0 aromatic heterocycles. The molecule has 0 saturated heterocycles. The largest absolute Gasteiger partial charge is 0.464 e. The van der Waals surface area contributed by atoms with E-state index in [0.717, 1.165) is 19.3 Å². The van der Waals surface area contributed by atoms with Gasteiger partial charge in [0.1, 0.15) is 6.04 Å². The molecule has 2 rings (SSSR count). The molecule has 1 aromatic rings. The van der Waals surface area contributed by atoms with E-state index in [0.29, 0.717) is 12.2 Å². The molecule has 1 aliphatic carbocycles. The molecule has 0 bridgehead atoms. The van der Waals surface area contributed by atoms with Crippen LogP contribution in [0.3, 0.4) is 0 Å². The van der Waals surface area contributed by atoms with Crippen molar-refractivity contribution in [3.05, 3.63) is 34.9 Å². The van der Waals surface area contributed by atoms with Gasteiger partial charge in [-0.05, 0) is 56.4 Å². The summed E-state index contributed by atoms with van der Waals surface area (Å²) in [6.07, 6.45) is 3.28. The summed E-state index contributed by atoms with van der Waals surface area (Å²) in [5.41, 5.74) is 3.18. The first-order chi connectivity index (χ1) is 9.11. The normalized spacial score (nSPS) is 14.6. The molecule has 1 unspecified atom stereocenters. The summed E-state index contributed by atoms with van der Waals surface area (Å²) in [6.45, 7) is 3.69. The molecular weight excluding hydrogens is 242 g/mol. The SMILES string of the molecule is CCOC(=O)C(C)NC(=O)c1ccc2c(c1)CCC2. The van der Waals surface area contributed by atoms with E-state index in [1.165, 1.54) is 11.1 Å². The van der Waals surface area contributed by atoms with Crippen LogP contribution in [0.1, 0.15) is 41.8 Å². The molecule has 1 atom stereocenters. The van der Waals surface area contributed by atoms with E-state index in [2.05, 4.69) is 5.32 Å². The molecule has 4 nitrogen and oxygen atoms in total. The smallest absolute Gasteiger partial charge is 0.328 e. The van der Waals surface area contributed by atoms with Crippen LogP contribution in [0.15, 0.2) is 18.2 Å².